The number of halogens is 2. The summed E-state index contributed by atoms with van der Waals surface area (Å²) in [5.74, 6) is 2.71. The van der Waals surface area contributed by atoms with Gasteiger partial charge < -0.3 is 19.3 Å². The molecule has 2 aromatic carbocycles. The molecule has 7 rings (SSSR count). The van der Waals surface area contributed by atoms with Gasteiger partial charge in [-0.05, 0) is 87.0 Å². The third kappa shape index (κ3) is 7.89. The van der Waals surface area contributed by atoms with Gasteiger partial charge in [0.2, 0.25) is 0 Å². The first-order valence-corrected chi connectivity index (χ1v) is 23.2. The van der Waals surface area contributed by atoms with Crippen LogP contribution in [-0.2, 0) is 4.74 Å². The fraction of sp³-hybridized carbons (Fsp3) is 0.565. The van der Waals surface area contributed by atoms with Crippen LogP contribution in [0.4, 0.5) is 19.4 Å². The molecular weight excluding hydrogens is 751 g/mol. The van der Waals surface area contributed by atoms with Crippen LogP contribution in [-0.4, -0.2) is 96.9 Å². The van der Waals surface area contributed by atoms with E-state index >= 15 is 8.78 Å². The lowest BCUT2D eigenvalue weighted by Gasteiger charge is -2.38. The molecule has 4 aromatic rings. The van der Waals surface area contributed by atoms with E-state index in [4.69, 9.17) is 24.4 Å². The lowest BCUT2D eigenvalue weighted by molar-refractivity contribution is 0.0292. The number of carbonyl (C=O) groups is 1. The van der Waals surface area contributed by atoms with Gasteiger partial charge in [0.15, 0.2) is 5.82 Å². The molecule has 1 saturated carbocycles. The molecule has 1 amide bonds. The second kappa shape index (κ2) is 15.7. The minimum absolute atomic E-state index is 0.0493. The SMILES string of the molecule is CC(C)[Si](C#Cc1c(F)ccc2cccc(-c3ncc4c(N(C)[C@@H]5CCN(C(=O)OC(C)(C)C)C5)nc(OC[C@@H]5CC6(CC6)CN5C)nc4c3F)c12)(C(C)C)C(C)C. The van der Waals surface area contributed by atoms with E-state index in [1.165, 1.54) is 18.9 Å². The molecule has 0 unspecified atom stereocenters. The maximum Gasteiger partial charge on any atom is 0.410 e. The molecule has 2 aliphatic heterocycles. The zero-order chi connectivity index (χ0) is 41.9. The highest BCUT2D eigenvalue weighted by Crippen LogP contribution is 2.54. The van der Waals surface area contributed by atoms with E-state index in [-0.39, 0.29) is 41.0 Å². The molecule has 3 aliphatic rings. The predicted molar refractivity (Wildman–Crippen MR) is 231 cm³/mol. The smallest absolute Gasteiger partial charge is 0.410 e. The van der Waals surface area contributed by atoms with Crippen LogP contribution < -0.4 is 9.64 Å². The quantitative estimate of drug-likeness (QED) is 0.122. The average molecular weight is 811 g/mol. The first-order valence-electron chi connectivity index (χ1n) is 21.0. The summed E-state index contributed by atoms with van der Waals surface area (Å²) in [7, 11) is 1.79. The summed E-state index contributed by atoms with van der Waals surface area (Å²) in [4.78, 5) is 33.4. The summed E-state index contributed by atoms with van der Waals surface area (Å²) < 4.78 is 45.5. The molecule has 0 radical (unpaired) electrons. The van der Waals surface area contributed by atoms with E-state index in [2.05, 4.69) is 65.0 Å². The number of pyridine rings is 1. The van der Waals surface area contributed by atoms with Crippen molar-refractivity contribution in [3.63, 3.8) is 0 Å². The monoisotopic (exact) mass is 810 g/mol. The van der Waals surface area contributed by atoms with E-state index in [1.807, 2.05) is 44.9 Å². The van der Waals surface area contributed by atoms with E-state index in [0.717, 1.165) is 18.4 Å². The fourth-order valence-corrected chi connectivity index (χ4v) is 15.0. The van der Waals surface area contributed by atoms with Gasteiger partial charge in [-0.1, -0.05) is 71.7 Å². The number of aromatic nitrogens is 3. The number of rotatable bonds is 9. The first-order chi connectivity index (χ1) is 27.3. The number of anilines is 1. The molecular formula is C46H60F2N6O3Si. The lowest BCUT2D eigenvalue weighted by atomic mass is 9.96. The van der Waals surface area contributed by atoms with Gasteiger partial charge in [0.25, 0.3) is 0 Å². The third-order valence-electron chi connectivity index (χ3n) is 13.1. The van der Waals surface area contributed by atoms with Crippen LogP contribution in [0, 0.1) is 28.5 Å². The van der Waals surface area contributed by atoms with Gasteiger partial charge in [0.1, 0.15) is 43.1 Å². The fourth-order valence-electron chi connectivity index (χ4n) is 9.82. The predicted octanol–water partition coefficient (Wildman–Crippen LogP) is 10.0. The van der Waals surface area contributed by atoms with E-state index < -0.39 is 25.3 Å². The highest BCUT2D eigenvalue weighted by Gasteiger charge is 2.51. The Kier molecular flexibility index (Phi) is 11.3. The first kappa shape index (κ1) is 41.8. The van der Waals surface area contributed by atoms with Gasteiger partial charge in [-0.15, -0.1) is 5.54 Å². The van der Waals surface area contributed by atoms with Gasteiger partial charge in [-0.25, -0.2) is 13.6 Å². The molecule has 12 heteroatoms. The Bertz CT molecular complexity index is 2260. The molecule has 4 heterocycles. The summed E-state index contributed by atoms with van der Waals surface area (Å²) in [5.41, 5.74) is 5.32. The molecule has 58 heavy (non-hydrogen) atoms. The highest BCUT2D eigenvalue weighted by atomic mass is 28.3. The molecule has 2 atom stereocenters. The number of hydrogen-bond acceptors (Lipinski definition) is 8. The van der Waals surface area contributed by atoms with Crippen molar-refractivity contribution in [2.75, 3.05) is 45.2 Å². The summed E-state index contributed by atoms with van der Waals surface area (Å²) in [6, 6.07) is 8.82. The Hall–Kier alpha value is -4.34. The van der Waals surface area contributed by atoms with Crippen LogP contribution in [0.1, 0.15) is 93.6 Å². The van der Waals surface area contributed by atoms with Crippen molar-refractivity contribution in [3.05, 3.63) is 53.7 Å². The van der Waals surface area contributed by atoms with E-state index in [0.29, 0.717) is 70.3 Å². The maximum atomic E-state index is 17.4. The number of amides is 1. The Balaban J connectivity index is 1.33. The standard InChI is InChI=1S/C46H60F2N6O3Si/c1-28(2)58(29(3)4,30(5)6)22-18-34-37(47)16-15-31-13-12-14-35(38(31)34)40-39(48)41-36(24-49-40)42(53(11)32-17-21-54(25-32)44(55)57-45(7,8)9)51-43(50-41)56-26-33-23-46(19-20-46)27-52(33)10/h12-16,24,28-30,32-33H,17,19-21,23,25-27H2,1-11H3/t32-,33+/m1/s1. The van der Waals surface area contributed by atoms with Crippen molar-refractivity contribution in [1.29, 1.82) is 0 Å². The second-order valence-electron chi connectivity index (χ2n) is 19.0. The summed E-state index contributed by atoms with van der Waals surface area (Å²) in [6.45, 7) is 21.3. The van der Waals surface area contributed by atoms with Gasteiger partial charge >= 0.3 is 12.1 Å². The van der Waals surface area contributed by atoms with Crippen LogP contribution in [0.15, 0.2) is 36.5 Å². The van der Waals surface area contributed by atoms with E-state index in [9.17, 15) is 4.79 Å². The van der Waals surface area contributed by atoms with Crippen molar-refractivity contribution in [3.8, 4) is 28.7 Å². The zero-order valence-corrected chi connectivity index (χ0v) is 37.2. The average Bonchev–Trinajstić information content (AvgIpc) is 3.56. The maximum absolute atomic E-state index is 17.4. The third-order valence-corrected chi connectivity index (χ3v) is 19.4. The number of fused-ring (bicyclic) bond motifs is 2. The number of nitrogens with zero attached hydrogens (tertiary/aromatic N) is 6. The zero-order valence-electron chi connectivity index (χ0n) is 36.2. The van der Waals surface area contributed by atoms with Gasteiger partial charge in [-0.2, -0.15) is 9.97 Å². The van der Waals surface area contributed by atoms with Crippen LogP contribution in [0.5, 0.6) is 6.01 Å². The number of likely N-dealkylation sites (N-methyl/N-ethyl adjacent to an activating group) is 2. The second-order valence-corrected chi connectivity index (χ2v) is 24.6. The van der Waals surface area contributed by atoms with Crippen LogP contribution >= 0.6 is 0 Å². The number of ether oxygens (including phenoxy) is 2. The number of hydrogen-bond donors (Lipinski definition) is 0. The largest absolute Gasteiger partial charge is 0.462 e. The molecule has 310 valence electrons. The summed E-state index contributed by atoms with van der Waals surface area (Å²) >= 11 is 0. The van der Waals surface area contributed by atoms with Crippen molar-refractivity contribution in [1.82, 2.24) is 24.8 Å². The molecule has 9 nitrogen and oxygen atoms in total. The van der Waals surface area contributed by atoms with Crippen LogP contribution in [0.3, 0.4) is 0 Å². The molecule has 1 spiro atoms. The topological polar surface area (TPSA) is 83.9 Å². The molecule has 3 fully saturated rings. The van der Waals surface area contributed by atoms with Crippen molar-refractivity contribution in [2.24, 2.45) is 5.41 Å². The van der Waals surface area contributed by atoms with Crippen molar-refractivity contribution < 1.29 is 23.0 Å². The summed E-state index contributed by atoms with van der Waals surface area (Å²) in [5, 5.41) is 1.68. The minimum Gasteiger partial charge on any atom is -0.462 e. The Morgan fingerprint density at radius 1 is 1.05 bits per heavy atom. The highest BCUT2D eigenvalue weighted by molar-refractivity contribution is 6.90. The number of likely N-dealkylation sites (tertiary alicyclic amines) is 2. The minimum atomic E-state index is -2.23. The Morgan fingerprint density at radius 2 is 1.76 bits per heavy atom. The molecule has 1 aliphatic carbocycles. The van der Waals surface area contributed by atoms with Crippen molar-refractivity contribution >= 4 is 41.7 Å². The normalized spacial score (nSPS) is 19.5. The van der Waals surface area contributed by atoms with Crippen molar-refractivity contribution in [2.45, 2.75) is 122 Å². The molecule has 0 N–H and O–H groups in total. The molecule has 2 saturated heterocycles. The van der Waals surface area contributed by atoms with Gasteiger partial charge in [0.05, 0.1) is 10.9 Å². The number of benzene rings is 2. The number of carbonyl (C=O) groups excluding carboxylic acids is 1. The summed E-state index contributed by atoms with van der Waals surface area (Å²) in [6.07, 6.45) is 5.42. The van der Waals surface area contributed by atoms with Crippen LogP contribution in [0.25, 0.3) is 32.9 Å². The Labute approximate surface area is 343 Å². The molecule has 2 aromatic heterocycles. The van der Waals surface area contributed by atoms with Crippen LogP contribution in [0.2, 0.25) is 16.6 Å². The van der Waals surface area contributed by atoms with Gasteiger partial charge in [-0.3, -0.25) is 9.88 Å². The lowest BCUT2D eigenvalue weighted by Crippen LogP contribution is -2.43. The molecule has 0 bridgehead atoms. The Morgan fingerprint density at radius 3 is 2.40 bits per heavy atom. The van der Waals surface area contributed by atoms with Gasteiger partial charge in [0, 0.05) is 55.9 Å². The van der Waals surface area contributed by atoms with E-state index in [1.54, 1.807) is 23.2 Å².